The third kappa shape index (κ3) is 5.02. The van der Waals surface area contributed by atoms with Crippen LogP contribution in [0.25, 0.3) is 11.0 Å². The number of unbranched alkanes of at least 4 members (excludes halogenated alkanes) is 1. The molecule has 0 spiro atoms. The van der Waals surface area contributed by atoms with Gasteiger partial charge in [-0.1, -0.05) is 19.4 Å². The molecule has 0 saturated heterocycles. The number of amides is 1. The number of nitrogens with one attached hydrogen (secondary N) is 1. The molecular formula is C23H26N2O4. The Balaban J connectivity index is 1.76. The highest BCUT2D eigenvalue weighted by molar-refractivity contribution is 5.85. The van der Waals surface area contributed by atoms with Crippen molar-refractivity contribution < 1.29 is 13.9 Å². The number of rotatable bonds is 8. The monoisotopic (exact) mass is 394 g/mol. The summed E-state index contributed by atoms with van der Waals surface area (Å²) in [6, 6.07) is 9.00. The average Bonchev–Trinajstić information content (AvgIpc) is 2.73. The van der Waals surface area contributed by atoms with Crippen molar-refractivity contribution in [3.63, 3.8) is 0 Å². The number of pyridine rings is 1. The Bertz CT molecular complexity index is 1040. The quantitative estimate of drug-likeness (QED) is 0.586. The molecule has 1 atom stereocenters. The van der Waals surface area contributed by atoms with E-state index < -0.39 is 6.10 Å². The first kappa shape index (κ1) is 20.6. The van der Waals surface area contributed by atoms with Gasteiger partial charge in [-0.15, -0.1) is 0 Å². The second-order valence-electron chi connectivity index (χ2n) is 7.10. The summed E-state index contributed by atoms with van der Waals surface area (Å²) in [6.07, 6.45) is 5.57. The maximum Gasteiger partial charge on any atom is 0.336 e. The van der Waals surface area contributed by atoms with Gasteiger partial charge in [-0.2, -0.15) is 0 Å². The Morgan fingerprint density at radius 1 is 1.31 bits per heavy atom. The predicted octanol–water partition coefficient (Wildman–Crippen LogP) is 3.92. The number of fused-ring (bicyclic) bond motifs is 1. The van der Waals surface area contributed by atoms with Crippen LogP contribution in [0.15, 0.2) is 51.9 Å². The maximum absolute atomic E-state index is 12.4. The smallest absolute Gasteiger partial charge is 0.336 e. The normalized spacial score (nSPS) is 12.0. The third-order valence-corrected chi connectivity index (χ3v) is 4.86. The van der Waals surface area contributed by atoms with Gasteiger partial charge in [-0.3, -0.25) is 9.78 Å². The fourth-order valence-electron chi connectivity index (χ4n) is 3.19. The number of hydrogen-bond donors (Lipinski definition) is 1. The van der Waals surface area contributed by atoms with Crippen molar-refractivity contribution in [1.82, 2.24) is 10.3 Å². The zero-order chi connectivity index (χ0) is 20.8. The average molecular weight is 394 g/mol. The van der Waals surface area contributed by atoms with Crippen LogP contribution < -0.4 is 15.7 Å². The zero-order valence-electron chi connectivity index (χ0n) is 17.0. The molecule has 3 rings (SSSR count). The second kappa shape index (κ2) is 9.37. The van der Waals surface area contributed by atoms with Gasteiger partial charge < -0.3 is 14.5 Å². The fourth-order valence-corrected chi connectivity index (χ4v) is 3.19. The lowest BCUT2D eigenvalue weighted by atomic mass is 10.0. The van der Waals surface area contributed by atoms with Crippen LogP contribution >= 0.6 is 0 Å². The molecule has 3 aromatic rings. The molecule has 0 bridgehead atoms. The summed E-state index contributed by atoms with van der Waals surface area (Å²) in [5.41, 5.74) is 2.76. The lowest BCUT2D eigenvalue weighted by Gasteiger charge is -2.17. The highest BCUT2D eigenvalue weighted by atomic mass is 16.5. The van der Waals surface area contributed by atoms with Crippen molar-refractivity contribution in [2.45, 2.75) is 52.7 Å². The summed E-state index contributed by atoms with van der Waals surface area (Å²) >= 11 is 0. The molecule has 0 saturated carbocycles. The van der Waals surface area contributed by atoms with Gasteiger partial charge in [0.2, 0.25) is 0 Å². The molecule has 6 heteroatoms. The molecule has 2 aromatic heterocycles. The minimum atomic E-state index is -0.696. The zero-order valence-corrected chi connectivity index (χ0v) is 17.0. The summed E-state index contributed by atoms with van der Waals surface area (Å²) in [6.45, 7) is 6.03. The topological polar surface area (TPSA) is 81.4 Å². The minimum Gasteiger partial charge on any atom is -0.480 e. The predicted molar refractivity (Wildman–Crippen MR) is 112 cm³/mol. The van der Waals surface area contributed by atoms with Crippen LogP contribution in [0, 0.1) is 6.92 Å². The maximum atomic E-state index is 12.4. The van der Waals surface area contributed by atoms with Gasteiger partial charge in [0.15, 0.2) is 6.10 Å². The SMILES string of the molecule is CCCCc1cc(=O)oc2c(C)c(OC(C)C(=O)NCc3cccnc3)ccc12. The number of hydrogen-bond acceptors (Lipinski definition) is 5. The first-order chi connectivity index (χ1) is 14.0. The largest absolute Gasteiger partial charge is 0.480 e. The van der Waals surface area contributed by atoms with Gasteiger partial charge in [-0.25, -0.2) is 4.79 Å². The van der Waals surface area contributed by atoms with Gasteiger partial charge in [-0.05, 0) is 56.0 Å². The van der Waals surface area contributed by atoms with E-state index in [2.05, 4.69) is 17.2 Å². The summed E-state index contributed by atoms with van der Waals surface area (Å²) in [4.78, 5) is 28.4. The highest BCUT2D eigenvalue weighted by Crippen LogP contribution is 2.29. The summed E-state index contributed by atoms with van der Waals surface area (Å²) in [5.74, 6) is 0.295. The Morgan fingerprint density at radius 2 is 2.14 bits per heavy atom. The van der Waals surface area contributed by atoms with Crippen LogP contribution in [0.4, 0.5) is 0 Å². The lowest BCUT2D eigenvalue weighted by molar-refractivity contribution is -0.127. The number of benzene rings is 1. The first-order valence-corrected chi connectivity index (χ1v) is 9.89. The summed E-state index contributed by atoms with van der Waals surface area (Å²) in [7, 11) is 0. The van der Waals surface area contributed by atoms with Crippen LogP contribution in [0.2, 0.25) is 0 Å². The van der Waals surface area contributed by atoms with E-state index in [1.807, 2.05) is 31.2 Å². The van der Waals surface area contributed by atoms with E-state index in [9.17, 15) is 9.59 Å². The molecular weight excluding hydrogens is 368 g/mol. The number of nitrogens with zero attached hydrogens (tertiary/aromatic N) is 1. The van der Waals surface area contributed by atoms with Crippen LogP contribution in [0.5, 0.6) is 5.75 Å². The van der Waals surface area contributed by atoms with Gasteiger partial charge in [0.1, 0.15) is 11.3 Å². The molecule has 0 radical (unpaired) electrons. The van der Waals surface area contributed by atoms with E-state index in [1.54, 1.807) is 25.4 Å². The third-order valence-electron chi connectivity index (χ3n) is 4.86. The number of aromatic nitrogens is 1. The van der Waals surface area contributed by atoms with E-state index in [0.717, 1.165) is 35.8 Å². The van der Waals surface area contributed by atoms with Gasteiger partial charge >= 0.3 is 5.63 Å². The fraction of sp³-hybridized carbons (Fsp3) is 0.348. The molecule has 0 aliphatic heterocycles. The Kier molecular flexibility index (Phi) is 6.65. The van der Waals surface area contributed by atoms with Crippen molar-refractivity contribution in [2.24, 2.45) is 0 Å². The molecule has 0 aliphatic rings. The van der Waals surface area contributed by atoms with Crippen LogP contribution in [0.3, 0.4) is 0 Å². The lowest BCUT2D eigenvalue weighted by Crippen LogP contribution is -2.36. The molecule has 29 heavy (non-hydrogen) atoms. The van der Waals surface area contributed by atoms with Gasteiger partial charge in [0, 0.05) is 36.0 Å². The number of carbonyl (C=O) groups excluding carboxylic acids is 1. The highest BCUT2D eigenvalue weighted by Gasteiger charge is 2.18. The number of ether oxygens (including phenoxy) is 1. The molecule has 1 unspecified atom stereocenters. The van der Waals surface area contributed by atoms with E-state index in [4.69, 9.17) is 9.15 Å². The van der Waals surface area contributed by atoms with Crippen LogP contribution in [0.1, 0.15) is 43.4 Å². The van der Waals surface area contributed by atoms with E-state index >= 15 is 0 Å². The second-order valence-corrected chi connectivity index (χ2v) is 7.10. The van der Waals surface area contributed by atoms with E-state index in [-0.39, 0.29) is 11.5 Å². The number of carbonyl (C=O) groups is 1. The Hall–Kier alpha value is -3.15. The summed E-state index contributed by atoms with van der Waals surface area (Å²) < 4.78 is 11.3. The van der Waals surface area contributed by atoms with Crippen LogP contribution in [-0.2, 0) is 17.8 Å². The first-order valence-electron chi connectivity index (χ1n) is 9.89. The molecule has 1 N–H and O–H groups in total. The van der Waals surface area contributed by atoms with Crippen molar-refractivity contribution in [1.29, 1.82) is 0 Å². The van der Waals surface area contributed by atoms with Crippen molar-refractivity contribution >= 4 is 16.9 Å². The van der Waals surface area contributed by atoms with Crippen molar-refractivity contribution in [3.8, 4) is 5.75 Å². The Labute approximate surface area is 169 Å². The van der Waals surface area contributed by atoms with Crippen molar-refractivity contribution in [3.05, 3.63) is 69.8 Å². The van der Waals surface area contributed by atoms with Gasteiger partial charge in [0.05, 0.1) is 0 Å². The van der Waals surface area contributed by atoms with Crippen molar-refractivity contribution in [2.75, 3.05) is 0 Å². The molecule has 0 aliphatic carbocycles. The molecule has 2 heterocycles. The minimum absolute atomic E-state index is 0.230. The molecule has 1 aromatic carbocycles. The standard InChI is InChI=1S/C23H26N2O4/c1-4-5-8-18-12-21(26)29-22-15(2)20(10-9-19(18)22)28-16(3)23(27)25-14-17-7-6-11-24-13-17/h6-7,9-13,16H,4-5,8,14H2,1-3H3,(H,25,27). The molecule has 6 nitrogen and oxygen atoms in total. The van der Waals surface area contributed by atoms with E-state index in [1.165, 1.54) is 0 Å². The van der Waals surface area contributed by atoms with E-state index in [0.29, 0.717) is 23.4 Å². The van der Waals surface area contributed by atoms with Gasteiger partial charge in [0.25, 0.3) is 5.91 Å². The number of aryl methyl sites for hydroxylation is 2. The molecule has 152 valence electrons. The molecule has 0 fully saturated rings. The Morgan fingerprint density at radius 3 is 2.86 bits per heavy atom. The summed E-state index contributed by atoms with van der Waals surface area (Å²) in [5, 5.41) is 3.75. The molecule has 1 amide bonds. The van der Waals surface area contributed by atoms with Crippen LogP contribution in [-0.4, -0.2) is 17.0 Å².